The Balaban J connectivity index is 1.83. The molecule has 4 heteroatoms. The smallest absolute Gasteiger partial charge is 0.109 e. The second-order valence-corrected chi connectivity index (χ2v) is 5.70. The average Bonchev–Trinajstić information content (AvgIpc) is 2.44. The summed E-state index contributed by atoms with van der Waals surface area (Å²) in [7, 11) is 0. The molecule has 2 fully saturated rings. The van der Waals surface area contributed by atoms with E-state index in [0.717, 1.165) is 18.4 Å². The summed E-state index contributed by atoms with van der Waals surface area (Å²) in [6.07, 6.45) is 10.2. The van der Waals surface area contributed by atoms with E-state index < -0.39 is 0 Å². The monoisotopic (exact) mass is 252 g/mol. The fourth-order valence-corrected chi connectivity index (χ4v) is 3.19. The van der Waals surface area contributed by atoms with Crippen LogP contribution in [0.2, 0.25) is 0 Å². The first-order valence-corrected chi connectivity index (χ1v) is 7.62. The third-order valence-electron chi connectivity index (χ3n) is 4.57. The maximum absolute atomic E-state index is 4.45. The SMILES string of the molecule is CCC(/C=N\NC1NNCC2CCCCC21)CC. The van der Waals surface area contributed by atoms with Crippen LogP contribution in [0.15, 0.2) is 5.10 Å². The molecular weight excluding hydrogens is 224 g/mol. The first-order valence-electron chi connectivity index (χ1n) is 7.62. The second kappa shape index (κ2) is 7.10. The highest BCUT2D eigenvalue weighted by atomic mass is 15.5. The van der Waals surface area contributed by atoms with Crippen LogP contribution in [0.3, 0.4) is 0 Å². The molecule has 0 aromatic carbocycles. The normalized spacial score (nSPS) is 32.7. The molecule has 4 nitrogen and oxygen atoms in total. The summed E-state index contributed by atoms with van der Waals surface area (Å²) in [5.41, 5.74) is 9.98. The van der Waals surface area contributed by atoms with Gasteiger partial charge in [-0.1, -0.05) is 26.7 Å². The van der Waals surface area contributed by atoms with E-state index in [4.69, 9.17) is 0 Å². The van der Waals surface area contributed by atoms with Crippen molar-refractivity contribution in [2.45, 2.75) is 58.5 Å². The van der Waals surface area contributed by atoms with Gasteiger partial charge in [-0.25, -0.2) is 5.43 Å². The molecule has 2 rings (SSSR count). The number of hydrogen-bond acceptors (Lipinski definition) is 4. The summed E-state index contributed by atoms with van der Waals surface area (Å²) in [6.45, 7) is 5.55. The standard InChI is InChI=1S/C14H28N4/c1-3-11(4-2)9-15-17-14-13-8-6-5-7-12(13)10-16-18-14/h9,11-14,16-18H,3-8,10H2,1-2H3/b15-9-. The van der Waals surface area contributed by atoms with Gasteiger partial charge in [0.25, 0.3) is 0 Å². The number of hydrogen-bond donors (Lipinski definition) is 3. The number of fused-ring (bicyclic) bond motifs is 1. The molecule has 0 spiro atoms. The zero-order valence-electron chi connectivity index (χ0n) is 11.8. The van der Waals surface area contributed by atoms with Crippen molar-refractivity contribution in [1.82, 2.24) is 16.3 Å². The van der Waals surface area contributed by atoms with E-state index in [1.165, 1.54) is 38.5 Å². The number of rotatable bonds is 5. The maximum Gasteiger partial charge on any atom is 0.109 e. The van der Waals surface area contributed by atoms with Crippen LogP contribution in [-0.4, -0.2) is 18.9 Å². The zero-order valence-corrected chi connectivity index (χ0v) is 11.8. The maximum atomic E-state index is 4.45. The Morgan fingerprint density at radius 2 is 2.06 bits per heavy atom. The first kappa shape index (κ1) is 13.8. The van der Waals surface area contributed by atoms with Gasteiger partial charge >= 0.3 is 0 Å². The van der Waals surface area contributed by atoms with Crippen LogP contribution >= 0.6 is 0 Å². The molecule has 0 bridgehead atoms. The lowest BCUT2D eigenvalue weighted by molar-refractivity contribution is 0.0995. The Labute approximate surface area is 111 Å². The Morgan fingerprint density at radius 3 is 2.83 bits per heavy atom. The van der Waals surface area contributed by atoms with Crippen LogP contribution in [0.1, 0.15) is 52.4 Å². The van der Waals surface area contributed by atoms with Crippen LogP contribution in [0.4, 0.5) is 0 Å². The molecular formula is C14H28N4. The summed E-state index contributed by atoms with van der Waals surface area (Å²) >= 11 is 0. The molecule has 1 saturated heterocycles. The van der Waals surface area contributed by atoms with Crippen molar-refractivity contribution in [3.63, 3.8) is 0 Å². The van der Waals surface area contributed by atoms with Gasteiger partial charge in [0, 0.05) is 12.8 Å². The van der Waals surface area contributed by atoms with Crippen LogP contribution in [0.25, 0.3) is 0 Å². The van der Waals surface area contributed by atoms with Gasteiger partial charge in [-0.05, 0) is 43.4 Å². The van der Waals surface area contributed by atoms with Gasteiger partial charge in [0.2, 0.25) is 0 Å². The molecule has 0 aromatic rings. The number of hydrazine groups is 1. The molecule has 1 saturated carbocycles. The number of hydrazone groups is 1. The molecule has 0 radical (unpaired) electrons. The van der Waals surface area contributed by atoms with Crippen molar-refractivity contribution in [3.05, 3.63) is 0 Å². The van der Waals surface area contributed by atoms with Crippen LogP contribution < -0.4 is 16.3 Å². The minimum atomic E-state index is 0.301. The Bertz CT molecular complexity index is 261. The van der Waals surface area contributed by atoms with Gasteiger partial charge < -0.3 is 0 Å². The highest BCUT2D eigenvalue weighted by molar-refractivity contribution is 5.60. The average molecular weight is 252 g/mol. The van der Waals surface area contributed by atoms with Crippen LogP contribution in [-0.2, 0) is 0 Å². The summed E-state index contributed by atoms with van der Waals surface area (Å²) in [6, 6.07) is 0. The number of nitrogens with one attached hydrogen (secondary N) is 3. The van der Waals surface area contributed by atoms with Gasteiger partial charge in [0.15, 0.2) is 0 Å². The van der Waals surface area contributed by atoms with E-state index in [1.54, 1.807) is 0 Å². The molecule has 0 amide bonds. The van der Waals surface area contributed by atoms with E-state index in [2.05, 4.69) is 41.4 Å². The zero-order chi connectivity index (χ0) is 12.8. The fourth-order valence-electron chi connectivity index (χ4n) is 3.19. The topological polar surface area (TPSA) is 48.5 Å². The van der Waals surface area contributed by atoms with E-state index >= 15 is 0 Å². The van der Waals surface area contributed by atoms with E-state index in [9.17, 15) is 0 Å². The fraction of sp³-hybridized carbons (Fsp3) is 0.929. The quantitative estimate of drug-likeness (QED) is 0.519. The number of nitrogens with zero attached hydrogens (tertiary/aromatic N) is 1. The Hall–Kier alpha value is -0.610. The summed E-state index contributed by atoms with van der Waals surface area (Å²) in [5.74, 6) is 2.16. The van der Waals surface area contributed by atoms with Crippen molar-refractivity contribution in [1.29, 1.82) is 0 Å². The van der Waals surface area contributed by atoms with Crippen molar-refractivity contribution in [2.75, 3.05) is 6.54 Å². The highest BCUT2D eigenvalue weighted by Crippen LogP contribution is 2.32. The first-order chi connectivity index (χ1) is 8.85. The lowest BCUT2D eigenvalue weighted by atomic mass is 9.77. The van der Waals surface area contributed by atoms with E-state index in [1.807, 2.05) is 0 Å². The van der Waals surface area contributed by atoms with Crippen molar-refractivity contribution in [3.8, 4) is 0 Å². The Morgan fingerprint density at radius 1 is 1.28 bits per heavy atom. The van der Waals surface area contributed by atoms with Gasteiger partial charge in [-0.3, -0.25) is 10.9 Å². The minimum Gasteiger partial charge on any atom is -0.292 e. The molecule has 2 aliphatic rings. The summed E-state index contributed by atoms with van der Waals surface area (Å²) in [4.78, 5) is 0. The molecule has 3 unspecified atom stereocenters. The molecule has 104 valence electrons. The van der Waals surface area contributed by atoms with Crippen molar-refractivity contribution < 1.29 is 0 Å². The summed E-state index contributed by atoms with van der Waals surface area (Å²) < 4.78 is 0. The van der Waals surface area contributed by atoms with Gasteiger partial charge in [0.05, 0.1) is 0 Å². The molecule has 18 heavy (non-hydrogen) atoms. The predicted octanol–water partition coefficient (Wildman–Crippen LogP) is 2.24. The predicted molar refractivity (Wildman–Crippen MR) is 76.1 cm³/mol. The van der Waals surface area contributed by atoms with E-state index in [0.29, 0.717) is 12.1 Å². The highest BCUT2D eigenvalue weighted by Gasteiger charge is 2.34. The lowest BCUT2D eigenvalue weighted by Gasteiger charge is -2.41. The van der Waals surface area contributed by atoms with E-state index in [-0.39, 0.29) is 0 Å². The van der Waals surface area contributed by atoms with Gasteiger partial charge in [-0.15, -0.1) is 0 Å². The van der Waals surface area contributed by atoms with Gasteiger partial charge in [-0.2, -0.15) is 5.10 Å². The molecule has 0 aromatic heterocycles. The van der Waals surface area contributed by atoms with Crippen LogP contribution in [0.5, 0.6) is 0 Å². The summed E-state index contributed by atoms with van der Waals surface area (Å²) in [5, 5.41) is 4.45. The molecule has 3 atom stereocenters. The third kappa shape index (κ3) is 3.45. The largest absolute Gasteiger partial charge is 0.292 e. The third-order valence-corrected chi connectivity index (χ3v) is 4.57. The van der Waals surface area contributed by atoms with Crippen molar-refractivity contribution in [2.24, 2.45) is 22.9 Å². The van der Waals surface area contributed by atoms with Gasteiger partial charge in [0.1, 0.15) is 6.17 Å². The lowest BCUT2D eigenvalue weighted by Crippen LogP contribution is -2.60. The Kier molecular flexibility index (Phi) is 5.45. The minimum absolute atomic E-state index is 0.301. The molecule has 1 aliphatic carbocycles. The van der Waals surface area contributed by atoms with Crippen LogP contribution in [0, 0.1) is 17.8 Å². The van der Waals surface area contributed by atoms with Crippen molar-refractivity contribution >= 4 is 6.21 Å². The molecule has 1 aliphatic heterocycles. The molecule has 3 N–H and O–H groups in total. The molecule has 1 heterocycles. The second-order valence-electron chi connectivity index (χ2n) is 5.70.